The van der Waals surface area contributed by atoms with Crippen molar-refractivity contribution in [3.05, 3.63) is 102 Å². The van der Waals surface area contributed by atoms with Gasteiger partial charge in [0.1, 0.15) is 11.5 Å². The Balaban J connectivity index is 1.36. The van der Waals surface area contributed by atoms with Crippen molar-refractivity contribution in [2.24, 2.45) is 0 Å². The van der Waals surface area contributed by atoms with Gasteiger partial charge in [-0.1, -0.05) is 48.6 Å². The molecule has 1 aromatic heterocycles. The van der Waals surface area contributed by atoms with E-state index in [4.69, 9.17) is 9.47 Å². The number of fused-ring (bicyclic) bond motifs is 1. The zero-order valence-corrected chi connectivity index (χ0v) is 16.9. The molecule has 31 heavy (non-hydrogen) atoms. The number of methoxy groups -OCH3 is 1. The fourth-order valence-corrected chi connectivity index (χ4v) is 2.88. The van der Waals surface area contributed by atoms with Gasteiger partial charge >= 0.3 is 0 Å². The van der Waals surface area contributed by atoms with E-state index in [1.165, 1.54) is 12.2 Å². The molecular formula is C26H20N2O3. The van der Waals surface area contributed by atoms with Gasteiger partial charge in [-0.2, -0.15) is 0 Å². The van der Waals surface area contributed by atoms with E-state index in [0.29, 0.717) is 11.6 Å². The highest BCUT2D eigenvalue weighted by atomic mass is 16.5. The van der Waals surface area contributed by atoms with E-state index in [2.05, 4.69) is 9.97 Å². The molecule has 152 valence electrons. The lowest BCUT2D eigenvalue weighted by atomic mass is 10.1. The van der Waals surface area contributed by atoms with Crippen LogP contribution in [0.1, 0.15) is 11.1 Å². The van der Waals surface area contributed by atoms with Crippen molar-refractivity contribution >= 4 is 29.0 Å². The first-order chi connectivity index (χ1) is 15.2. The van der Waals surface area contributed by atoms with Gasteiger partial charge in [-0.15, -0.1) is 0 Å². The highest BCUT2D eigenvalue weighted by molar-refractivity contribution is 6.04. The molecule has 0 saturated carbocycles. The van der Waals surface area contributed by atoms with Gasteiger partial charge in [-0.3, -0.25) is 4.79 Å². The van der Waals surface area contributed by atoms with Crippen LogP contribution in [0.15, 0.2) is 91.1 Å². The fourth-order valence-electron chi connectivity index (χ4n) is 2.88. The molecule has 4 rings (SSSR count). The summed E-state index contributed by atoms with van der Waals surface area (Å²) < 4.78 is 10.9. The largest absolute Gasteiger partial charge is 0.497 e. The molecule has 0 aliphatic rings. The molecule has 0 N–H and O–H groups in total. The van der Waals surface area contributed by atoms with E-state index >= 15 is 0 Å². The molecule has 0 bridgehead atoms. The molecule has 1 heterocycles. The second kappa shape index (κ2) is 9.50. The van der Waals surface area contributed by atoms with Gasteiger partial charge in [0.2, 0.25) is 5.88 Å². The Morgan fingerprint density at radius 1 is 0.774 bits per heavy atom. The highest BCUT2D eigenvalue weighted by Crippen LogP contribution is 2.21. The summed E-state index contributed by atoms with van der Waals surface area (Å²) in [5, 5.41) is 0. The number of allylic oxidation sites excluding steroid dienone is 2. The van der Waals surface area contributed by atoms with Gasteiger partial charge in [0.25, 0.3) is 0 Å². The van der Waals surface area contributed by atoms with Crippen LogP contribution in [0.4, 0.5) is 0 Å². The second-order valence-corrected chi connectivity index (χ2v) is 6.71. The van der Waals surface area contributed by atoms with Gasteiger partial charge in [0, 0.05) is 0 Å². The fraction of sp³-hybridized carbons (Fsp3) is 0.0385. The van der Waals surface area contributed by atoms with Crippen molar-refractivity contribution in [2.45, 2.75) is 0 Å². The minimum atomic E-state index is -0.0948. The van der Waals surface area contributed by atoms with Gasteiger partial charge < -0.3 is 9.47 Å². The van der Waals surface area contributed by atoms with Crippen molar-refractivity contribution in [3.8, 4) is 17.4 Å². The topological polar surface area (TPSA) is 61.3 Å². The predicted octanol–water partition coefficient (Wildman–Crippen LogP) is 5.73. The highest BCUT2D eigenvalue weighted by Gasteiger charge is 2.02. The zero-order chi connectivity index (χ0) is 21.5. The molecular weight excluding hydrogens is 388 g/mol. The van der Waals surface area contributed by atoms with Gasteiger partial charge in [-0.25, -0.2) is 9.97 Å². The normalized spacial score (nSPS) is 11.3. The molecule has 0 aliphatic carbocycles. The van der Waals surface area contributed by atoms with Crippen LogP contribution in [-0.4, -0.2) is 22.9 Å². The molecule has 0 spiro atoms. The smallest absolute Gasteiger partial charge is 0.238 e. The lowest BCUT2D eigenvalue weighted by molar-refractivity contribution is -0.110. The van der Waals surface area contributed by atoms with Gasteiger partial charge in [0.05, 0.1) is 24.3 Å². The average molecular weight is 408 g/mol. The summed E-state index contributed by atoms with van der Waals surface area (Å²) in [5.41, 5.74) is 3.42. The number of carbonyl (C=O) groups is 1. The van der Waals surface area contributed by atoms with Crippen LogP contribution >= 0.6 is 0 Å². The third kappa shape index (κ3) is 5.42. The van der Waals surface area contributed by atoms with Crippen molar-refractivity contribution < 1.29 is 14.3 Å². The molecule has 4 aromatic rings. The summed E-state index contributed by atoms with van der Waals surface area (Å²) in [4.78, 5) is 20.9. The quantitative estimate of drug-likeness (QED) is 0.366. The first-order valence-electron chi connectivity index (χ1n) is 9.73. The Kier molecular flexibility index (Phi) is 6.14. The first-order valence-corrected chi connectivity index (χ1v) is 9.73. The summed E-state index contributed by atoms with van der Waals surface area (Å²) >= 11 is 0. The Hall–Kier alpha value is -4.25. The van der Waals surface area contributed by atoms with E-state index in [1.54, 1.807) is 25.5 Å². The number of ketones is 1. The number of nitrogens with zero attached hydrogens (tertiary/aromatic N) is 2. The van der Waals surface area contributed by atoms with E-state index in [9.17, 15) is 4.79 Å². The van der Waals surface area contributed by atoms with Crippen LogP contribution in [0.25, 0.3) is 23.2 Å². The molecule has 0 atom stereocenters. The molecule has 5 heteroatoms. The monoisotopic (exact) mass is 408 g/mol. The van der Waals surface area contributed by atoms with Crippen LogP contribution < -0.4 is 9.47 Å². The average Bonchev–Trinajstić information content (AvgIpc) is 2.82. The molecule has 0 unspecified atom stereocenters. The molecule has 0 fully saturated rings. The summed E-state index contributed by atoms with van der Waals surface area (Å²) in [6, 6.07) is 22.5. The van der Waals surface area contributed by atoms with E-state index in [-0.39, 0.29) is 5.78 Å². The van der Waals surface area contributed by atoms with E-state index < -0.39 is 0 Å². The number of rotatable bonds is 7. The van der Waals surface area contributed by atoms with E-state index in [1.807, 2.05) is 72.8 Å². The van der Waals surface area contributed by atoms with Crippen LogP contribution in [0, 0.1) is 0 Å². The van der Waals surface area contributed by atoms with Crippen molar-refractivity contribution in [3.63, 3.8) is 0 Å². The van der Waals surface area contributed by atoms with Crippen LogP contribution in [0.5, 0.6) is 17.4 Å². The van der Waals surface area contributed by atoms with Crippen molar-refractivity contribution in [1.82, 2.24) is 9.97 Å². The summed E-state index contributed by atoms with van der Waals surface area (Å²) in [5.74, 6) is 1.76. The lowest BCUT2D eigenvalue weighted by Crippen LogP contribution is -1.91. The maximum absolute atomic E-state index is 12.1. The summed E-state index contributed by atoms with van der Waals surface area (Å²) in [6.07, 6.45) is 8.21. The molecule has 0 aliphatic heterocycles. The number of hydrogen-bond acceptors (Lipinski definition) is 5. The Bertz CT molecular complexity index is 1240. The maximum Gasteiger partial charge on any atom is 0.238 e. The SMILES string of the molecule is COc1ccc(C=CC(=O)C=Cc2ccc(Oc3cnc4ccccc4n3)cc2)cc1. The number of aromatic nitrogens is 2. The predicted molar refractivity (Wildman–Crippen MR) is 122 cm³/mol. The molecule has 0 saturated heterocycles. The van der Waals surface area contributed by atoms with Crippen molar-refractivity contribution in [1.29, 1.82) is 0 Å². The van der Waals surface area contributed by atoms with Gasteiger partial charge in [0.15, 0.2) is 5.78 Å². The van der Waals surface area contributed by atoms with Crippen LogP contribution in [0.2, 0.25) is 0 Å². The summed E-state index contributed by atoms with van der Waals surface area (Å²) in [6.45, 7) is 0. The van der Waals surface area contributed by atoms with Crippen molar-refractivity contribution in [2.75, 3.05) is 7.11 Å². The minimum Gasteiger partial charge on any atom is -0.497 e. The Morgan fingerprint density at radius 2 is 1.35 bits per heavy atom. The molecule has 3 aromatic carbocycles. The summed E-state index contributed by atoms with van der Waals surface area (Å²) in [7, 11) is 1.62. The standard InChI is InChI=1S/C26H20N2O3/c1-30-22-14-8-19(9-15-22)6-12-21(29)13-7-20-10-16-23(17-11-20)31-26-18-27-24-4-2-3-5-25(24)28-26/h2-18H,1H3. The third-order valence-electron chi connectivity index (χ3n) is 4.52. The molecule has 5 nitrogen and oxygen atoms in total. The minimum absolute atomic E-state index is 0.0948. The zero-order valence-electron chi connectivity index (χ0n) is 16.9. The Morgan fingerprint density at radius 3 is 1.97 bits per heavy atom. The molecule has 0 radical (unpaired) electrons. The third-order valence-corrected chi connectivity index (χ3v) is 4.52. The number of benzene rings is 3. The Labute approximate surface area is 180 Å². The number of para-hydroxylation sites is 2. The molecule has 0 amide bonds. The van der Waals surface area contributed by atoms with Crippen LogP contribution in [0.3, 0.4) is 0 Å². The van der Waals surface area contributed by atoms with Gasteiger partial charge in [-0.05, 0) is 59.7 Å². The second-order valence-electron chi connectivity index (χ2n) is 6.71. The van der Waals surface area contributed by atoms with Crippen LogP contribution in [-0.2, 0) is 4.79 Å². The lowest BCUT2D eigenvalue weighted by Gasteiger charge is -2.05. The number of carbonyl (C=O) groups excluding carboxylic acids is 1. The first kappa shape index (κ1) is 20.0. The number of ether oxygens (including phenoxy) is 2. The number of hydrogen-bond donors (Lipinski definition) is 0. The van der Waals surface area contributed by atoms with E-state index in [0.717, 1.165) is 27.9 Å². The maximum atomic E-state index is 12.1.